The molecule has 3 aromatic heterocycles. The molecular formula is C42H26N2S. The Kier molecular flexibility index (Phi) is 5.19. The van der Waals surface area contributed by atoms with E-state index in [-0.39, 0.29) is 0 Å². The first-order valence-electron chi connectivity index (χ1n) is 15.4. The van der Waals surface area contributed by atoms with E-state index in [0.29, 0.717) is 0 Å². The van der Waals surface area contributed by atoms with Gasteiger partial charge in [0.2, 0.25) is 0 Å². The summed E-state index contributed by atoms with van der Waals surface area (Å²) in [6, 6.07) is 57.7. The number of para-hydroxylation sites is 5. The highest BCUT2D eigenvalue weighted by molar-refractivity contribution is 7.25. The van der Waals surface area contributed by atoms with Crippen molar-refractivity contribution in [3.8, 4) is 22.5 Å². The molecule has 10 aromatic rings. The maximum atomic E-state index is 2.48. The van der Waals surface area contributed by atoms with Crippen LogP contribution in [0.15, 0.2) is 158 Å². The van der Waals surface area contributed by atoms with Gasteiger partial charge in [0.05, 0.1) is 33.4 Å². The van der Waals surface area contributed by atoms with Crippen molar-refractivity contribution in [1.29, 1.82) is 0 Å². The van der Waals surface area contributed by atoms with Gasteiger partial charge in [0.15, 0.2) is 0 Å². The van der Waals surface area contributed by atoms with Crippen molar-refractivity contribution < 1.29 is 0 Å². The molecule has 3 heterocycles. The van der Waals surface area contributed by atoms with Crippen LogP contribution in [0.2, 0.25) is 0 Å². The van der Waals surface area contributed by atoms with E-state index in [4.69, 9.17) is 0 Å². The van der Waals surface area contributed by atoms with Crippen molar-refractivity contribution >= 4 is 75.1 Å². The van der Waals surface area contributed by atoms with Crippen LogP contribution in [-0.2, 0) is 0 Å². The monoisotopic (exact) mass is 590 g/mol. The molecule has 0 fully saturated rings. The van der Waals surface area contributed by atoms with Gasteiger partial charge in [-0.1, -0.05) is 109 Å². The van der Waals surface area contributed by atoms with Crippen LogP contribution in [0.3, 0.4) is 0 Å². The summed E-state index contributed by atoms with van der Waals surface area (Å²) in [6.07, 6.45) is 0. The lowest BCUT2D eigenvalue weighted by atomic mass is 10.0. The molecule has 0 aliphatic heterocycles. The van der Waals surface area contributed by atoms with E-state index in [2.05, 4.69) is 167 Å². The molecule has 0 aliphatic rings. The van der Waals surface area contributed by atoms with Crippen LogP contribution < -0.4 is 0 Å². The quantitative estimate of drug-likeness (QED) is 0.194. The molecule has 0 saturated heterocycles. The first-order valence-corrected chi connectivity index (χ1v) is 16.2. The molecule has 10 rings (SSSR count). The van der Waals surface area contributed by atoms with Crippen LogP contribution in [0.25, 0.3) is 86.3 Å². The molecule has 0 unspecified atom stereocenters. The zero-order valence-corrected chi connectivity index (χ0v) is 25.1. The van der Waals surface area contributed by atoms with Crippen molar-refractivity contribution in [3.05, 3.63) is 158 Å². The lowest BCUT2D eigenvalue weighted by Crippen LogP contribution is -2.01. The first kappa shape index (κ1) is 24.8. The van der Waals surface area contributed by atoms with Crippen LogP contribution in [0.1, 0.15) is 0 Å². The Bertz CT molecular complexity index is 2720. The minimum atomic E-state index is 1.18. The molecule has 0 saturated carbocycles. The fourth-order valence-electron chi connectivity index (χ4n) is 7.42. The molecule has 45 heavy (non-hydrogen) atoms. The van der Waals surface area contributed by atoms with Gasteiger partial charge in [0, 0.05) is 52.8 Å². The number of rotatable bonds is 3. The molecule has 0 spiro atoms. The lowest BCUT2D eigenvalue weighted by molar-refractivity contribution is 1.16. The van der Waals surface area contributed by atoms with Gasteiger partial charge in [-0.3, -0.25) is 0 Å². The summed E-state index contributed by atoms with van der Waals surface area (Å²) in [5.74, 6) is 0. The Morgan fingerprint density at radius 1 is 0.311 bits per heavy atom. The SMILES string of the molecule is c1ccc(-n2c3ccccc3c3ccccc32)c(-c2ccccc2-n2c3ccccc3c3cc4sc5ccccc5c4cc32)c1. The van der Waals surface area contributed by atoms with E-state index in [1.165, 1.54) is 86.3 Å². The second kappa shape index (κ2) is 9.43. The topological polar surface area (TPSA) is 9.86 Å². The van der Waals surface area contributed by atoms with E-state index >= 15 is 0 Å². The Balaban J connectivity index is 1.30. The number of hydrogen-bond donors (Lipinski definition) is 0. The second-order valence-electron chi connectivity index (χ2n) is 11.7. The third-order valence-corrected chi connectivity index (χ3v) is 10.5. The first-order chi connectivity index (χ1) is 22.3. The summed E-state index contributed by atoms with van der Waals surface area (Å²) in [5, 5.41) is 7.74. The zero-order valence-electron chi connectivity index (χ0n) is 24.3. The van der Waals surface area contributed by atoms with Gasteiger partial charge in [-0.15, -0.1) is 11.3 Å². The lowest BCUT2D eigenvalue weighted by Gasteiger charge is -2.18. The van der Waals surface area contributed by atoms with Gasteiger partial charge >= 0.3 is 0 Å². The fourth-order valence-corrected chi connectivity index (χ4v) is 8.55. The third-order valence-electron chi connectivity index (χ3n) is 9.33. The Morgan fingerprint density at radius 2 is 0.756 bits per heavy atom. The molecule has 3 heteroatoms. The average Bonchev–Trinajstić information content (AvgIpc) is 3.74. The summed E-state index contributed by atoms with van der Waals surface area (Å²) in [6.45, 7) is 0. The average molecular weight is 591 g/mol. The minimum Gasteiger partial charge on any atom is -0.309 e. The molecule has 0 atom stereocenters. The van der Waals surface area contributed by atoms with Gasteiger partial charge < -0.3 is 9.13 Å². The predicted molar refractivity (Wildman–Crippen MR) is 193 cm³/mol. The Morgan fingerprint density at radius 3 is 1.36 bits per heavy atom. The van der Waals surface area contributed by atoms with Crippen molar-refractivity contribution in [1.82, 2.24) is 9.13 Å². The molecule has 2 nitrogen and oxygen atoms in total. The summed E-state index contributed by atoms with van der Waals surface area (Å²) in [5.41, 5.74) is 9.63. The summed E-state index contributed by atoms with van der Waals surface area (Å²) >= 11 is 1.88. The van der Waals surface area contributed by atoms with Crippen LogP contribution in [0.5, 0.6) is 0 Å². The molecular weight excluding hydrogens is 565 g/mol. The molecule has 7 aromatic carbocycles. The van der Waals surface area contributed by atoms with E-state index in [0.717, 1.165) is 0 Å². The van der Waals surface area contributed by atoms with Crippen LogP contribution >= 0.6 is 11.3 Å². The van der Waals surface area contributed by atoms with Gasteiger partial charge in [0.25, 0.3) is 0 Å². The van der Waals surface area contributed by atoms with E-state index < -0.39 is 0 Å². The Labute approximate surface area is 263 Å². The highest BCUT2D eigenvalue weighted by Crippen LogP contribution is 2.43. The summed E-state index contributed by atoms with van der Waals surface area (Å²) in [7, 11) is 0. The number of thiophene rings is 1. The number of fused-ring (bicyclic) bond motifs is 9. The third kappa shape index (κ3) is 3.50. The van der Waals surface area contributed by atoms with Crippen molar-refractivity contribution in [3.63, 3.8) is 0 Å². The largest absolute Gasteiger partial charge is 0.309 e. The second-order valence-corrected chi connectivity index (χ2v) is 12.8. The highest BCUT2D eigenvalue weighted by atomic mass is 32.1. The number of benzene rings is 7. The normalized spacial score (nSPS) is 12.0. The Hall–Kier alpha value is -5.64. The molecule has 0 N–H and O–H groups in total. The van der Waals surface area contributed by atoms with Gasteiger partial charge in [-0.25, -0.2) is 0 Å². The minimum absolute atomic E-state index is 1.18. The van der Waals surface area contributed by atoms with Gasteiger partial charge in [0.1, 0.15) is 0 Å². The van der Waals surface area contributed by atoms with E-state index in [9.17, 15) is 0 Å². The number of aromatic nitrogens is 2. The number of nitrogens with zero attached hydrogens (tertiary/aromatic N) is 2. The maximum absolute atomic E-state index is 2.48. The van der Waals surface area contributed by atoms with Crippen molar-refractivity contribution in [2.45, 2.75) is 0 Å². The summed E-state index contributed by atoms with van der Waals surface area (Å²) < 4.78 is 7.58. The molecule has 0 amide bonds. The summed E-state index contributed by atoms with van der Waals surface area (Å²) in [4.78, 5) is 0. The standard InChI is InChI=1S/C42H26N2S/c1-7-19-35-27(13-1)28-14-2-8-20-36(28)43(35)37-21-9-3-15-29(37)30-16-4-10-22-38(30)44-39-23-11-5-17-31(39)33-26-42-34(25-40(33)44)32-18-6-12-24-41(32)45-42/h1-26H. The van der Waals surface area contributed by atoms with Crippen LogP contribution in [0.4, 0.5) is 0 Å². The highest BCUT2D eigenvalue weighted by Gasteiger charge is 2.20. The van der Waals surface area contributed by atoms with Gasteiger partial charge in [-0.2, -0.15) is 0 Å². The van der Waals surface area contributed by atoms with Crippen LogP contribution in [-0.4, -0.2) is 9.13 Å². The van der Waals surface area contributed by atoms with E-state index in [1.807, 2.05) is 11.3 Å². The smallest absolute Gasteiger partial charge is 0.0548 e. The van der Waals surface area contributed by atoms with Crippen LogP contribution in [0, 0.1) is 0 Å². The molecule has 0 radical (unpaired) electrons. The van der Waals surface area contributed by atoms with Gasteiger partial charge in [-0.05, 0) is 48.5 Å². The molecule has 0 bridgehead atoms. The zero-order chi connectivity index (χ0) is 29.5. The molecule has 210 valence electrons. The van der Waals surface area contributed by atoms with E-state index in [1.54, 1.807) is 0 Å². The predicted octanol–water partition coefficient (Wildman–Crippen LogP) is 11.9. The van der Waals surface area contributed by atoms with Crippen molar-refractivity contribution in [2.75, 3.05) is 0 Å². The fraction of sp³-hybridized carbons (Fsp3) is 0. The number of hydrogen-bond acceptors (Lipinski definition) is 1. The maximum Gasteiger partial charge on any atom is 0.0548 e. The van der Waals surface area contributed by atoms with Crippen molar-refractivity contribution in [2.24, 2.45) is 0 Å². The molecule has 0 aliphatic carbocycles.